The van der Waals surface area contributed by atoms with Crippen LogP contribution < -0.4 is 0 Å². The number of carbonyl (C=O) groups excluding carboxylic acids is 1. The molecule has 0 saturated carbocycles. The average molecular weight is 219 g/mol. The third-order valence-corrected chi connectivity index (χ3v) is 3.59. The fourth-order valence-corrected chi connectivity index (χ4v) is 2.65. The standard InChI is InChI=1S/C14H21NO/c1-2-3-6-11-15-13-8-5-4-7-12(13)9-10-14(15)16/h4-5,7-8,12-13H,2-3,6,9-11H2,1H3. The van der Waals surface area contributed by atoms with Gasteiger partial charge in [0.15, 0.2) is 0 Å². The van der Waals surface area contributed by atoms with Gasteiger partial charge in [-0.25, -0.2) is 0 Å². The highest BCUT2D eigenvalue weighted by atomic mass is 16.2. The van der Waals surface area contributed by atoms with E-state index in [-0.39, 0.29) is 0 Å². The van der Waals surface area contributed by atoms with Crippen LogP contribution in [0.15, 0.2) is 24.3 Å². The molecular formula is C14H21NO. The van der Waals surface area contributed by atoms with Crippen LogP contribution in [0, 0.1) is 5.92 Å². The van der Waals surface area contributed by atoms with Gasteiger partial charge in [-0.15, -0.1) is 0 Å². The fourth-order valence-electron chi connectivity index (χ4n) is 2.65. The van der Waals surface area contributed by atoms with E-state index in [9.17, 15) is 4.79 Å². The monoisotopic (exact) mass is 219 g/mol. The molecule has 0 radical (unpaired) electrons. The minimum absolute atomic E-state index is 0.336. The van der Waals surface area contributed by atoms with Crippen molar-refractivity contribution in [2.45, 2.75) is 45.1 Å². The molecule has 2 heteroatoms. The molecule has 1 aliphatic heterocycles. The van der Waals surface area contributed by atoms with E-state index >= 15 is 0 Å². The molecule has 0 N–H and O–H groups in total. The molecule has 2 aliphatic rings. The van der Waals surface area contributed by atoms with Crippen molar-refractivity contribution in [1.82, 2.24) is 4.90 Å². The summed E-state index contributed by atoms with van der Waals surface area (Å²) in [5.41, 5.74) is 0. The molecular weight excluding hydrogens is 198 g/mol. The van der Waals surface area contributed by atoms with E-state index in [4.69, 9.17) is 0 Å². The molecule has 1 aliphatic carbocycles. The summed E-state index contributed by atoms with van der Waals surface area (Å²) in [7, 11) is 0. The second-order valence-corrected chi connectivity index (χ2v) is 4.76. The van der Waals surface area contributed by atoms with E-state index in [1.54, 1.807) is 0 Å². The van der Waals surface area contributed by atoms with Crippen molar-refractivity contribution >= 4 is 5.91 Å². The van der Waals surface area contributed by atoms with Gasteiger partial charge in [-0.1, -0.05) is 44.1 Å². The molecule has 0 bridgehead atoms. The molecule has 2 atom stereocenters. The first-order valence-electron chi connectivity index (χ1n) is 6.47. The number of fused-ring (bicyclic) bond motifs is 1. The number of carbonyl (C=O) groups is 1. The number of hydrogen-bond acceptors (Lipinski definition) is 1. The molecule has 88 valence electrons. The molecule has 0 aromatic carbocycles. The van der Waals surface area contributed by atoms with E-state index in [0.717, 1.165) is 25.8 Å². The molecule has 0 aromatic rings. The highest BCUT2D eigenvalue weighted by Gasteiger charge is 2.32. The van der Waals surface area contributed by atoms with Gasteiger partial charge in [0.05, 0.1) is 6.04 Å². The lowest BCUT2D eigenvalue weighted by atomic mass is 9.85. The lowest BCUT2D eigenvalue weighted by Gasteiger charge is -2.39. The van der Waals surface area contributed by atoms with Crippen molar-refractivity contribution in [1.29, 1.82) is 0 Å². The molecule has 2 nitrogen and oxygen atoms in total. The van der Waals surface area contributed by atoms with Crippen LogP contribution in [0.5, 0.6) is 0 Å². The largest absolute Gasteiger partial charge is 0.336 e. The number of amides is 1. The minimum Gasteiger partial charge on any atom is -0.336 e. The molecule has 1 fully saturated rings. The number of hydrogen-bond donors (Lipinski definition) is 0. The van der Waals surface area contributed by atoms with Crippen LogP contribution in [0.25, 0.3) is 0 Å². The molecule has 2 rings (SSSR count). The first kappa shape index (κ1) is 11.4. The Balaban J connectivity index is 1.99. The van der Waals surface area contributed by atoms with Crippen LogP contribution in [-0.4, -0.2) is 23.4 Å². The molecule has 1 amide bonds. The molecule has 0 aromatic heterocycles. The van der Waals surface area contributed by atoms with Gasteiger partial charge >= 0.3 is 0 Å². The van der Waals surface area contributed by atoms with E-state index in [1.807, 2.05) is 0 Å². The summed E-state index contributed by atoms with van der Waals surface area (Å²) < 4.78 is 0. The highest BCUT2D eigenvalue weighted by molar-refractivity contribution is 5.78. The van der Waals surface area contributed by atoms with E-state index in [0.29, 0.717) is 17.9 Å². The van der Waals surface area contributed by atoms with Gasteiger partial charge < -0.3 is 4.90 Å². The van der Waals surface area contributed by atoms with Crippen molar-refractivity contribution in [3.8, 4) is 0 Å². The Hall–Kier alpha value is -1.05. The second kappa shape index (κ2) is 5.33. The van der Waals surface area contributed by atoms with Crippen molar-refractivity contribution < 1.29 is 4.79 Å². The van der Waals surface area contributed by atoms with Gasteiger partial charge in [0.2, 0.25) is 5.91 Å². The quantitative estimate of drug-likeness (QED) is 0.666. The van der Waals surface area contributed by atoms with E-state index < -0.39 is 0 Å². The van der Waals surface area contributed by atoms with Crippen molar-refractivity contribution in [2.24, 2.45) is 5.92 Å². The van der Waals surface area contributed by atoms with E-state index in [1.165, 1.54) is 12.8 Å². The Morgan fingerprint density at radius 1 is 1.31 bits per heavy atom. The first-order valence-corrected chi connectivity index (χ1v) is 6.47. The lowest BCUT2D eigenvalue weighted by Crippen LogP contribution is -2.48. The number of allylic oxidation sites excluding steroid dienone is 2. The van der Waals surface area contributed by atoms with Crippen LogP contribution in [0.2, 0.25) is 0 Å². The predicted molar refractivity (Wildman–Crippen MR) is 66.0 cm³/mol. The topological polar surface area (TPSA) is 20.3 Å². The summed E-state index contributed by atoms with van der Waals surface area (Å²) in [6.45, 7) is 3.14. The van der Waals surface area contributed by atoms with Crippen LogP contribution >= 0.6 is 0 Å². The number of unbranched alkanes of at least 4 members (excludes halogenated alkanes) is 2. The second-order valence-electron chi connectivity index (χ2n) is 4.76. The lowest BCUT2D eigenvalue weighted by molar-refractivity contribution is -0.136. The van der Waals surface area contributed by atoms with Crippen molar-refractivity contribution in [3.05, 3.63) is 24.3 Å². The van der Waals surface area contributed by atoms with Gasteiger partial charge in [-0.3, -0.25) is 4.79 Å². The molecule has 16 heavy (non-hydrogen) atoms. The predicted octanol–water partition coefficient (Wildman–Crippen LogP) is 2.91. The van der Waals surface area contributed by atoms with Gasteiger partial charge in [0.1, 0.15) is 0 Å². The maximum absolute atomic E-state index is 11.9. The molecule has 1 saturated heterocycles. The number of rotatable bonds is 4. The Bertz CT molecular complexity index is 306. The highest BCUT2D eigenvalue weighted by Crippen LogP contribution is 2.29. The summed E-state index contributed by atoms with van der Waals surface area (Å²) in [6.07, 6.45) is 14.0. The zero-order valence-corrected chi connectivity index (χ0v) is 10.1. The van der Waals surface area contributed by atoms with Gasteiger partial charge in [-0.05, 0) is 12.8 Å². The van der Waals surface area contributed by atoms with Crippen LogP contribution in [0.1, 0.15) is 39.0 Å². The van der Waals surface area contributed by atoms with Gasteiger partial charge in [0, 0.05) is 18.9 Å². The zero-order chi connectivity index (χ0) is 11.4. The van der Waals surface area contributed by atoms with Gasteiger partial charge in [0.25, 0.3) is 0 Å². The van der Waals surface area contributed by atoms with Crippen LogP contribution in [0.4, 0.5) is 0 Å². The van der Waals surface area contributed by atoms with Crippen molar-refractivity contribution in [3.63, 3.8) is 0 Å². The normalized spacial score (nSPS) is 28.3. The number of nitrogens with zero attached hydrogens (tertiary/aromatic N) is 1. The zero-order valence-electron chi connectivity index (χ0n) is 10.1. The van der Waals surface area contributed by atoms with Gasteiger partial charge in [-0.2, -0.15) is 0 Å². The summed E-state index contributed by atoms with van der Waals surface area (Å²) >= 11 is 0. The maximum Gasteiger partial charge on any atom is 0.223 e. The summed E-state index contributed by atoms with van der Waals surface area (Å²) in [4.78, 5) is 14.0. The third kappa shape index (κ3) is 2.37. The molecule has 2 unspecified atom stereocenters. The van der Waals surface area contributed by atoms with Crippen LogP contribution in [-0.2, 0) is 4.79 Å². The number of piperidine rings is 1. The minimum atomic E-state index is 0.336. The Morgan fingerprint density at radius 3 is 2.94 bits per heavy atom. The first-order chi connectivity index (χ1) is 7.83. The smallest absolute Gasteiger partial charge is 0.223 e. The SMILES string of the molecule is CCCCCN1C(=O)CCC2C=CC=CC21. The third-order valence-electron chi connectivity index (χ3n) is 3.59. The summed E-state index contributed by atoms with van der Waals surface area (Å²) in [5, 5.41) is 0. The summed E-state index contributed by atoms with van der Waals surface area (Å²) in [5.74, 6) is 0.904. The Morgan fingerprint density at radius 2 is 2.12 bits per heavy atom. The Kier molecular flexibility index (Phi) is 3.81. The molecule has 0 spiro atoms. The number of likely N-dealkylation sites (tertiary alicyclic amines) is 1. The fraction of sp³-hybridized carbons (Fsp3) is 0.643. The Labute approximate surface area is 98.0 Å². The van der Waals surface area contributed by atoms with Crippen molar-refractivity contribution in [2.75, 3.05) is 6.54 Å². The molecule has 1 heterocycles. The maximum atomic E-state index is 11.9. The summed E-state index contributed by atoms with van der Waals surface area (Å²) in [6, 6.07) is 0.336. The average Bonchev–Trinajstić information content (AvgIpc) is 2.32. The van der Waals surface area contributed by atoms with Crippen LogP contribution in [0.3, 0.4) is 0 Å². The van der Waals surface area contributed by atoms with E-state index in [2.05, 4.69) is 36.1 Å².